The molecule has 0 aromatic heterocycles. The molecule has 0 spiro atoms. The van der Waals surface area contributed by atoms with Gasteiger partial charge in [0.1, 0.15) is 6.61 Å². The molecular formula is C9H17NO2. The zero-order chi connectivity index (χ0) is 8.81. The minimum Gasteiger partial charge on any atom is -0.374 e. The normalized spacial score (nSPS) is 22.9. The van der Waals surface area contributed by atoms with E-state index in [1.165, 1.54) is 0 Å². The zero-order valence-electron chi connectivity index (χ0n) is 7.64. The first-order valence-electron chi connectivity index (χ1n) is 4.68. The minimum atomic E-state index is 0.0712. The minimum absolute atomic E-state index is 0.0712. The third kappa shape index (κ3) is 2.91. The maximum absolute atomic E-state index is 11.3. The predicted octanol–water partition coefficient (Wildman–Crippen LogP) is 0.734. The van der Waals surface area contributed by atoms with Crippen LogP contribution in [0.15, 0.2) is 0 Å². The third-order valence-electron chi connectivity index (χ3n) is 2.04. The van der Waals surface area contributed by atoms with E-state index < -0.39 is 0 Å². The number of carbonyl (C=O) groups is 1. The lowest BCUT2D eigenvalue weighted by Crippen LogP contribution is -2.33. The topological polar surface area (TPSA) is 38.3 Å². The van der Waals surface area contributed by atoms with E-state index in [9.17, 15) is 4.79 Å². The standard InChI is InChI=1S/C9H17NO2/c1-2-6-12-7-9(11)8-4-3-5-10-8/h8,10H,2-7H2,1H3. The van der Waals surface area contributed by atoms with Gasteiger partial charge in [-0.1, -0.05) is 6.92 Å². The highest BCUT2D eigenvalue weighted by Crippen LogP contribution is 2.05. The summed E-state index contributed by atoms with van der Waals surface area (Å²) < 4.78 is 5.17. The molecule has 1 aliphatic rings. The fourth-order valence-corrected chi connectivity index (χ4v) is 1.38. The highest BCUT2D eigenvalue weighted by atomic mass is 16.5. The lowest BCUT2D eigenvalue weighted by atomic mass is 10.1. The van der Waals surface area contributed by atoms with Gasteiger partial charge in [-0.05, 0) is 25.8 Å². The van der Waals surface area contributed by atoms with Crippen LogP contribution in [0.1, 0.15) is 26.2 Å². The van der Waals surface area contributed by atoms with Gasteiger partial charge in [-0.2, -0.15) is 0 Å². The van der Waals surface area contributed by atoms with Crippen LogP contribution in [0.4, 0.5) is 0 Å². The van der Waals surface area contributed by atoms with Crippen LogP contribution in [0.25, 0.3) is 0 Å². The Bertz CT molecular complexity index is 141. The largest absolute Gasteiger partial charge is 0.374 e. The Morgan fingerprint density at radius 2 is 2.50 bits per heavy atom. The molecule has 0 amide bonds. The summed E-state index contributed by atoms with van der Waals surface area (Å²) in [6.45, 7) is 3.99. The van der Waals surface area contributed by atoms with E-state index in [1.54, 1.807) is 0 Å². The van der Waals surface area contributed by atoms with Gasteiger partial charge in [0.05, 0.1) is 6.04 Å². The molecule has 1 heterocycles. The SMILES string of the molecule is CCCOCC(=O)C1CCCN1. The van der Waals surface area contributed by atoms with Gasteiger partial charge in [-0.3, -0.25) is 4.79 Å². The smallest absolute Gasteiger partial charge is 0.175 e. The van der Waals surface area contributed by atoms with E-state index >= 15 is 0 Å². The number of Topliss-reactive ketones (excluding diaryl/α,β-unsaturated/α-hetero) is 1. The van der Waals surface area contributed by atoms with Gasteiger partial charge in [-0.25, -0.2) is 0 Å². The molecule has 1 rings (SSSR count). The Balaban J connectivity index is 2.10. The molecule has 12 heavy (non-hydrogen) atoms. The first-order chi connectivity index (χ1) is 5.84. The van der Waals surface area contributed by atoms with Crippen molar-refractivity contribution in [3.8, 4) is 0 Å². The lowest BCUT2D eigenvalue weighted by Gasteiger charge is -2.08. The summed E-state index contributed by atoms with van der Waals surface area (Å²) in [5.74, 6) is 0.209. The molecule has 0 bridgehead atoms. The summed E-state index contributed by atoms with van der Waals surface area (Å²) in [6, 6.07) is 0.0712. The average molecular weight is 171 g/mol. The van der Waals surface area contributed by atoms with Crippen molar-refractivity contribution in [3.05, 3.63) is 0 Å². The van der Waals surface area contributed by atoms with Crippen molar-refractivity contribution in [2.45, 2.75) is 32.2 Å². The molecule has 0 aliphatic carbocycles. The number of nitrogens with one attached hydrogen (secondary N) is 1. The number of ether oxygens (including phenoxy) is 1. The van der Waals surface area contributed by atoms with Crippen molar-refractivity contribution < 1.29 is 9.53 Å². The van der Waals surface area contributed by atoms with Crippen LogP contribution in [0.5, 0.6) is 0 Å². The number of ketones is 1. The van der Waals surface area contributed by atoms with Crippen LogP contribution in [0.2, 0.25) is 0 Å². The molecule has 3 heteroatoms. The van der Waals surface area contributed by atoms with E-state index in [2.05, 4.69) is 5.32 Å². The van der Waals surface area contributed by atoms with E-state index in [4.69, 9.17) is 4.74 Å². The van der Waals surface area contributed by atoms with E-state index in [0.29, 0.717) is 6.61 Å². The Labute approximate surface area is 73.5 Å². The summed E-state index contributed by atoms with van der Waals surface area (Å²) in [7, 11) is 0. The van der Waals surface area contributed by atoms with Crippen molar-refractivity contribution >= 4 is 5.78 Å². The quantitative estimate of drug-likeness (QED) is 0.620. The molecule has 0 saturated carbocycles. The molecule has 0 radical (unpaired) electrons. The summed E-state index contributed by atoms with van der Waals surface area (Å²) in [5.41, 5.74) is 0. The van der Waals surface area contributed by atoms with Crippen molar-refractivity contribution in [3.63, 3.8) is 0 Å². The summed E-state index contributed by atoms with van der Waals surface area (Å²) in [4.78, 5) is 11.3. The van der Waals surface area contributed by atoms with Crippen molar-refractivity contribution in [1.29, 1.82) is 0 Å². The molecule has 1 saturated heterocycles. The Kier molecular flexibility index (Phi) is 4.25. The van der Waals surface area contributed by atoms with Crippen LogP contribution in [-0.4, -0.2) is 31.6 Å². The van der Waals surface area contributed by atoms with Crippen LogP contribution in [0, 0.1) is 0 Å². The molecule has 0 aromatic rings. The number of rotatable bonds is 5. The number of hydrogen-bond acceptors (Lipinski definition) is 3. The molecular weight excluding hydrogens is 154 g/mol. The van der Waals surface area contributed by atoms with Crippen molar-refractivity contribution in [2.24, 2.45) is 0 Å². The summed E-state index contributed by atoms with van der Waals surface area (Å²) in [5, 5.41) is 3.15. The van der Waals surface area contributed by atoms with Crippen LogP contribution >= 0.6 is 0 Å². The molecule has 1 fully saturated rings. The molecule has 70 valence electrons. The Morgan fingerprint density at radius 3 is 3.08 bits per heavy atom. The van der Waals surface area contributed by atoms with Gasteiger partial charge in [0.15, 0.2) is 5.78 Å². The fourth-order valence-electron chi connectivity index (χ4n) is 1.38. The van der Waals surface area contributed by atoms with Crippen LogP contribution in [0.3, 0.4) is 0 Å². The Morgan fingerprint density at radius 1 is 1.67 bits per heavy atom. The van der Waals surface area contributed by atoms with Crippen molar-refractivity contribution in [1.82, 2.24) is 5.32 Å². The number of hydrogen-bond donors (Lipinski definition) is 1. The lowest BCUT2D eigenvalue weighted by molar-refractivity contribution is -0.125. The van der Waals surface area contributed by atoms with Gasteiger partial charge in [0.2, 0.25) is 0 Å². The van der Waals surface area contributed by atoms with E-state index in [1.807, 2.05) is 6.92 Å². The maximum Gasteiger partial charge on any atom is 0.175 e. The van der Waals surface area contributed by atoms with Gasteiger partial charge < -0.3 is 10.1 Å². The average Bonchev–Trinajstić information content (AvgIpc) is 2.56. The predicted molar refractivity (Wildman–Crippen MR) is 47.1 cm³/mol. The van der Waals surface area contributed by atoms with Crippen molar-refractivity contribution in [2.75, 3.05) is 19.8 Å². The zero-order valence-corrected chi connectivity index (χ0v) is 7.64. The van der Waals surface area contributed by atoms with E-state index in [0.717, 1.165) is 25.8 Å². The highest BCUT2D eigenvalue weighted by molar-refractivity contribution is 5.85. The maximum atomic E-state index is 11.3. The second-order valence-electron chi connectivity index (χ2n) is 3.17. The summed E-state index contributed by atoms with van der Waals surface area (Å²) in [6.07, 6.45) is 3.07. The monoisotopic (exact) mass is 171 g/mol. The molecule has 3 nitrogen and oxygen atoms in total. The fraction of sp³-hybridized carbons (Fsp3) is 0.889. The highest BCUT2D eigenvalue weighted by Gasteiger charge is 2.21. The third-order valence-corrected chi connectivity index (χ3v) is 2.04. The first kappa shape index (κ1) is 9.68. The molecule has 0 aromatic carbocycles. The molecule has 1 atom stereocenters. The van der Waals surface area contributed by atoms with Gasteiger partial charge in [-0.15, -0.1) is 0 Å². The Hall–Kier alpha value is -0.410. The van der Waals surface area contributed by atoms with E-state index in [-0.39, 0.29) is 18.4 Å². The van der Waals surface area contributed by atoms with Gasteiger partial charge in [0, 0.05) is 6.61 Å². The molecule has 1 aliphatic heterocycles. The number of carbonyl (C=O) groups excluding carboxylic acids is 1. The second-order valence-corrected chi connectivity index (χ2v) is 3.17. The van der Waals surface area contributed by atoms with Crippen LogP contribution < -0.4 is 5.32 Å². The first-order valence-corrected chi connectivity index (χ1v) is 4.68. The van der Waals surface area contributed by atoms with Gasteiger partial charge in [0.25, 0.3) is 0 Å². The second kappa shape index (κ2) is 5.27. The van der Waals surface area contributed by atoms with Crippen LogP contribution in [-0.2, 0) is 9.53 Å². The summed E-state index contributed by atoms with van der Waals surface area (Å²) >= 11 is 0. The van der Waals surface area contributed by atoms with Gasteiger partial charge >= 0.3 is 0 Å². The molecule has 1 N–H and O–H groups in total. The molecule has 1 unspecified atom stereocenters.